The maximum Gasteiger partial charge on any atom is 0.250 e. The number of nitrogens with one attached hydrogen (secondary N) is 1. The molecule has 0 saturated carbocycles. The van der Waals surface area contributed by atoms with Gasteiger partial charge < -0.3 is 5.73 Å². The zero-order valence-corrected chi connectivity index (χ0v) is 17.3. The minimum atomic E-state index is -0.408. The Morgan fingerprint density at radius 3 is 1.87 bits per heavy atom. The van der Waals surface area contributed by atoms with Crippen LogP contribution in [0.1, 0.15) is 16.7 Å². The van der Waals surface area contributed by atoms with Crippen LogP contribution in [0.15, 0.2) is 95.1 Å². The molecule has 3 N–H and O–H groups in total. The molecular weight excluding hydrogens is 419 g/mol. The molecule has 1 amide bonds. The second-order valence-electron chi connectivity index (χ2n) is 6.18. The first-order valence-corrected chi connectivity index (χ1v) is 9.74. The van der Waals surface area contributed by atoms with Gasteiger partial charge in [0.25, 0.3) is 5.91 Å². The summed E-state index contributed by atoms with van der Waals surface area (Å²) in [6.07, 6.45) is 3.06. The highest BCUT2D eigenvalue weighted by atomic mass is 35.5. The molecule has 0 radical (unpaired) electrons. The summed E-state index contributed by atoms with van der Waals surface area (Å²) < 4.78 is 0. The van der Waals surface area contributed by atoms with Crippen LogP contribution in [-0.2, 0) is 4.79 Å². The Kier molecular flexibility index (Phi) is 7.38. The van der Waals surface area contributed by atoms with Crippen LogP contribution in [-0.4, -0.2) is 17.6 Å². The van der Waals surface area contributed by atoms with E-state index in [0.29, 0.717) is 15.8 Å². The Bertz CT molecular complexity index is 1040. The Balaban J connectivity index is 1.80. The molecule has 0 unspecified atom stereocenters. The number of carbonyl (C=O) groups is 1. The van der Waals surface area contributed by atoms with E-state index in [2.05, 4.69) is 15.5 Å². The molecule has 0 fully saturated rings. The highest BCUT2D eigenvalue weighted by Gasteiger charge is 2.08. The summed E-state index contributed by atoms with van der Waals surface area (Å²) in [5.41, 5.74) is 8.86. The first kappa shape index (κ1) is 21.3. The van der Waals surface area contributed by atoms with Crippen LogP contribution in [0.5, 0.6) is 0 Å². The zero-order valence-electron chi connectivity index (χ0n) is 15.8. The number of benzene rings is 3. The fraction of sp³-hybridized carbons (Fsp3) is 0. The van der Waals surface area contributed by atoms with Gasteiger partial charge in [-0.1, -0.05) is 77.8 Å². The number of halogens is 2. The van der Waals surface area contributed by atoms with Gasteiger partial charge in [0.05, 0.1) is 0 Å². The van der Waals surface area contributed by atoms with E-state index in [9.17, 15) is 4.79 Å². The SMILES string of the molecule is N/C(=N\N=C(c1ccc(Cl)cc1)c1ccc(Cl)cc1)NC(=O)/C=C/c1ccccc1. The van der Waals surface area contributed by atoms with E-state index >= 15 is 0 Å². The van der Waals surface area contributed by atoms with Crippen LogP contribution >= 0.6 is 23.2 Å². The molecule has 0 spiro atoms. The lowest BCUT2D eigenvalue weighted by molar-refractivity contribution is -0.115. The first-order valence-electron chi connectivity index (χ1n) is 8.98. The minimum absolute atomic E-state index is 0.127. The second kappa shape index (κ2) is 10.4. The van der Waals surface area contributed by atoms with E-state index in [-0.39, 0.29) is 5.96 Å². The van der Waals surface area contributed by atoms with Crippen molar-refractivity contribution >= 4 is 46.9 Å². The van der Waals surface area contributed by atoms with Crippen molar-refractivity contribution in [3.8, 4) is 0 Å². The monoisotopic (exact) mass is 436 g/mol. The topological polar surface area (TPSA) is 79.8 Å². The van der Waals surface area contributed by atoms with E-state index in [0.717, 1.165) is 16.7 Å². The Labute approximate surface area is 184 Å². The van der Waals surface area contributed by atoms with Crippen LogP contribution in [0.4, 0.5) is 0 Å². The van der Waals surface area contributed by atoms with Crippen LogP contribution in [0, 0.1) is 0 Å². The normalized spacial score (nSPS) is 11.3. The number of carbonyl (C=O) groups excluding carboxylic acids is 1. The number of hydrogen-bond acceptors (Lipinski definition) is 3. The number of guanidine groups is 1. The van der Waals surface area contributed by atoms with Gasteiger partial charge >= 0.3 is 0 Å². The summed E-state index contributed by atoms with van der Waals surface area (Å²) in [6.45, 7) is 0. The molecule has 5 nitrogen and oxygen atoms in total. The molecule has 0 atom stereocenters. The lowest BCUT2D eigenvalue weighted by Gasteiger charge is -2.07. The zero-order chi connectivity index (χ0) is 21.3. The Hall–Kier alpha value is -3.41. The maximum atomic E-state index is 12.0. The fourth-order valence-corrected chi connectivity index (χ4v) is 2.78. The number of nitrogens with zero attached hydrogens (tertiary/aromatic N) is 2. The molecule has 150 valence electrons. The smallest absolute Gasteiger partial charge is 0.250 e. The van der Waals surface area contributed by atoms with Crippen LogP contribution in [0.3, 0.4) is 0 Å². The van der Waals surface area contributed by atoms with Gasteiger partial charge in [0, 0.05) is 27.2 Å². The summed E-state index contributed by atoms with van der Waals surface area (Å²) >= 11 is 12.0. The number of rotatable bonds is 5. The molecule has 0 aliphatic carbocycles. The van der Waals surface area contributed by atoms with Crippen molar-refractivity contribution in [2.75, 3.05) is 0 Å². The summed E-state index contributed by atoms with van der Waals surface area (Å²) in [7, 11) is 0. The predicted octanol–water partition coefficient (Wildman–Crippen LogP) is 4.89. The molecule has 3 aromatic carbocycles. The van der Waals surface area contributed by atoms with Gasteiger partial charge in [0.2, 0.25) is 5.96 Å². The van der Waals surface area contributed by atoms with Gasteiger partial charge in [0.15, 0.2) is 0 Å². The Morgan fingerprint density at radius 2 is 1.33 bits per heavy atom. The standard InChI is InChI=1S/C23H18Cl2N4O/c24-19-11-7-17(8-12-19)22(18-9-13-20(25)14-10-18)28-29-23(26)27-21(30)15-6-16-4-2-1-3-5-16/h1-15H,(H3,26,27,29,30)/b15-6+. The van der Waals surface area contributed by atoms with Gasteiger partial charge in [-0.2, -0.15) is 0 Å². The largest absolute Gasteiger partial charge is 0.368 e. The van der Waals surface area contributed by atoms with Crippen molar-refractivity contribution in [2.45, 2.75) is 0 Å². The number of nitrogens with two attached hydrogens (primary N) is 1. The van der Waals surface area contributed by atoms with E-state index in [1.165, 1.54) is 6.08 Å². The average molecular weight is 437 g/mol. The van der Waals surface area contributed by atoms with Crippen molar-refractivity contribution in [2.24, 2.45) is 15.9 Å². The number of amides is 1. The summed E-state index contributed by atoms with van der Waals surface area (Å²) in [5.74, 6) is -0.534. The van der Waals surface area contributed by atoms with Gasteiger partial charge in [-0.15, -0.1) is 10.2 Å². The van der Waals surface area contributed by atoms with Crippen molar-refractivity contribution in [1.29, 1.82) is 0 Å². The lowest BCUT2D eigenvalue weighted by Crippen LogP contribution is -2.35. The van der Waals surface area contributed by atoms with Crippen molar-refractivity contribution in [3.05, 3.63) is 112 Å². The fourth-order valence-electron chi connectivity index (χ4n) is 2.53. The summed E-state index contributed by atoms with van der Waals surface area (Å²) in [5, 5.41) is 11.9. The molecule has 0 heterocycles. The lowest BCUT2D eigenvalue weighted by atomic mass is 10.0. The van der Waals surface area contributed by atoms with Crippen LogP contribution in [0.25, 0.3) is 6.08 Å². The van der Waals surface area contributed by atoms with Crippen molar-refractivity contribution < 1.29 is 4.79 Å². The summed E-state index contributed by atoms with van der Waals surface area (Å²) in [6, 6.07) is 23.8. The van der Waals surface area contributed by atoms with Crippen molar-refractivity contribution in [3.63, 3.8) is 0 Å². The second-order valence-corrected chi connectivity index (χ2v) is 7.05. The number of hydrogen-bond donors (Lipinski definition) is 2. The summed E-state index contributed by atoms with van der Waals surface area (Å²) in [4.78, 5) is 12.0. The van der Waals surface area contributed by atoms with E-state index in [4.69, 9.17) is 28.9 Å². The molecule has 0 aromatic heterocycles. The Morgan fingerprint density at radius 1 is 0.800 bits per heavy atom. The van der Waals surface area contributed by atoms with Gasteiger partial charge in [-0.3, -0.25) is 10.1 Å². The third kappa shape index (κ3) is 6.30. The van der Waals surface area contributed by atoms with Crippen LogP contribution in [0.2, 0.25) is 10.0 Å². The molecular formula is C23H18Cl2N4O. The van der Waals surface area contributed by atoms with Crippen molar-refractivity contribution in [1.82, 2.24) is 5.32 Å². The minimum Gasteiger partial charge on any atom is -0.368 e. The van der Waals surface area contributed by atoms with Gasteiger partial charge in [-0.05, 0) is 35.9 Å². The molecule has 3 rings (SSSR count). The predicted molar refractivity (Wildman–Crippen MR) is 124 cm³/mol. The van der Waals surface area contributed by atoms with E-state index in [1.807, 2.05) is 54.6 Å². The van der Waals surface area contributed by atoms with E-state index < -0.39 is 5.91 Å². The molecule has 0 saturated heterocycles. The average Bonchev–Trinajstić information content (AvgIpc) is 2.75. The highest BCUT2D eigenvalue weighted by molar-refractivity contribution is 6.31. The molecule has 0 aliphatic heterocycles. The molecule has 30 heavy (non-hydrogen) atoms. The quantitative estimate of drug-likeness (QED) is 0.258. The van der Waals surface area contributed by atoms with Crippen LogP contribution < -0.4 is 11.1 Å². The molecule has 3 aromatic rings. The van der Waals surface area contributed by atoms with Gasteiger partial charge in [0.1, 0.15) is 5.71 Å². The van der Waals surface area contributed by atoms with Gasteiger partial charge in [-0.25, -0.2) is 0 Å². The first-order chi connectivity index (χ1) is 14.5. The highest BCUT2D eigenvalue weighted by Crippen LogP contribution is 2.17. The molecule has 0 aliphatic rings. The third-order valence-corrected chi connectivity index (χ3v) is 4.48. The molecule has 7 heteroatoms. The maximum absolute atomic E-state index is 12.0. The van der Waals surface area contributed by atoms with E-state index in [1.54, 1.807) is 30.3 Å². The molecule has 0 bridgehead atoms. The third-order valence-electron chi connectivity index (χ3n) is 3.97.